The predicted molar refractivity (Wildman–Crippen MR) is 80.1 cm³/mol. The third-order valence-corrected chi connectivity index (χ3v) is 3.17. The number of amides is 1. The van der Waals surface area contributed by atoms with E-state index in [2.05, 4.69) is 5.32 Å². The molecule has 0 aliphatic rings. The van der Waals surface area contributed by atoms with E-state index in [1.165, 1.54) is 12.1 Å². The van der Waals surface area contributed by atoms with Crippen molar-refractivity contribution in [1.82, 2.24) is 5.32 Å². The van der Waals surface area contributed by atoms with Crippen LogP contribution in [-0.4, -0.2) is 10.8 Å². The van der Waals surface area contributed by atoms with Crippen molar-refractivity contribution < 1.29 is 9.72 Å². The molecule has 2 rings (SSSR count). The summed E-state index contributed by atoms with van der Waals surface area (Å²) < 4.78 is 0. The summed E-state index contributed by atoms with van der Waals surface area (Å²) in [5, 5.41) is 14.0. The number of rotatable bonds is 5. The van der Waals surface area contributed by atoms with Gasteiger partial charge in [0, 0.05) is 23.7 Å². The highest BCUT2D eigenvalue weighted by Crippen LogP contribution is 2.12. The molecule has 5 nitrogen and oxygen atoms in total. The smallest absolute Gasteiger partial charge is 0.269 e. The number of benzene rings is 2. The molecule has 0 atom stereocenters. The number of nitrogens with zero attached hydrogens (tertiary/aromatic N) is 1. The third kappa shape index (κ3) is 4.57. The van der Waals surface area contributed by atoms with Gasteiger partial charge in [0.25, 0.3) is 5.69 Å². The van der Waals surface area contributed by atoms with E-state index < -0.39 is 4.92 Å². The zero-order chi connectivity index (χ0) is 15.2. The van der Waals surface area contributed by atoms with Crippen molar-refractivity contribution in [2.24, 2.45) is 0 Å². The maximum atomic E-state index is 11.8. The number of carbonyl (C=O) groups excluding carboxylic acids is 1. The second kappa shape index (κ2) is 6.85. The minimum Gasteiger partial charge on any atom is -0.352 e. The molecule has 0 radical (unpaired) electrons. The largest absolute Gasteiger partial charge is 0.352 e. The average Bonchev–Trinajstić information content (AvgIpc) is 2.47. The van der Waals surface area contributed by atoms with E-state index >= 15 is 0 Å². The summed E-state index contributed by atoms with van der Waals surface area (Å²) in [5.41, 5.74) is 1.70. The Labute approximate surface area is 126 Å². The number of nitro benzene ring substituents is 1. The minimum atomic E-state index is -0.468. The van der Waals surface area contributed by atoms with Crippen LogP contribution in [0.15, 0.2) is 48.5 Å². The molecule has 0 spiro atoms. The molecular formula is C15H13ClN2O3. The van der Waals surface area contributed by atoms with Gasteiger partial charge in [-0.15, -0.1) is 0 Å². The van der Waals surface area contributed by atoms with Crippen molar-refractivity contribution in [2.45, 2.75) is 13.0 Å². The van der Waals surface area contributed by atoms with E-state index in [0.717, 1.165) is 11.1 Å². The van der Waals surface area contributed by atoms with Crippen LogP contribution in [0.25, 0.3) is 0 Å². The molecule has 0 aliphatic heterocycles. The molecule has 0 bridgehead atoms. The molecule has 0 aliphatic carbocycles. The van der Waals surface area contributed by atoms with Gasteiger partial charge in [-0.3, -0.25) is 14.9 Å². The van der Waals surface area contributed by atoms with Gasteiger partial charge in [-0.05, 0) is 23.3 Å². The van der Waals surface area contributed by atoms with E-state index in [1.807, 2.05) is 12.1 Å². The van der Waals surface area contributed by atoms with Crippen LogP contribution in [0.5, 0.6) is 0 Å². The van der Waals surface area contributed by atoms with Crippen LogP contribution in [0, 0.1) is 10.1 Å². The molecule has 0 aromatic heterocycles. The van der Waals surface area contributed by atoms with Gasteiger partial charge >= 0.3 is 0 Å². The summed E-state index contributed by atoms with van der Waals surface area (Å²) in [7, 11) is 0. The Morgan fingerprint density at radius 3 is 2.19 bits per heavy atom. The molecule has 2 aromatic rings. The molecular weight excluding hydrogens is 292 g/mol. The molecule has 6 heteroatoms. The van der Waals surface area contributed by atoms with Gasteiger partial charge in [-0.2, -0.15) is 0 Å². The maximum Gasteiger partial charge on any atom is 0.269 e. The lowest BCUT2D eigenvalue weighted by Crippen LogP contribution is -2.24. The highest BCUT2D eigenvalue weighted by molar-refractivity contribution is 6.30. The molecule has 0 saturated heterocycles. The van der Waals surface area contributed by atoms with E-state index in [9.17, 15) is 14.9 Å². The zero-order valence-corrected chi connectivity index (χ0v) is 11.8. The monoisotopic (exact) mass is 304 g/mol. The van der Waals surface area contributed by atoms with E-state index in [1.54, 1.807) is 24.3 Å². The van der Waals surface area contributed by atoms with E-state index in [-0.39, 0.29) is 18.0 Å². The summed E-state index contributed by atoms with van der Waals surface area (Å²) in [6.07, 6.45) is 0.186. The molecule has 21 heavy (non-hydrogen) atoms. The van der Waals surface area contributed by atoms with Crippen LogP contribution in [0.4, 0.5) is 5.69 Å². The standard InChI is InChI=1S/C15H13ClN2O3/c16-13-5-1-12(2-6-13)10-17-15(19)9-11-3-7-14(8-4-11)18(20)21/h1-8H,9-10H2,(H,17,19). The average molecular weight is 305 g/mol. The van der Waals surface area contributed by atoms with Crippen LogP contribution in [0.2, 0.25) is 5.02 Å². The molecule has 0 fully saturated rings. The zero-order valence-electron chi connectivity index (χ0n) is 11.1. The SMILES string of the molecule is O=C(Cc1ccc([N+](=O)[O-])cc1)NCc1ccc(Cl)cc1. The number of non-ortho nitro benzene ring substituents is 1. The molecule has 2 aromatic carbocycles. The van der Waals surface area contributed by atoms with Crippen molar-refractivity contribution >= 4 is 23.2 Å². The first kappa shape index (κ1) is 15.0. The predicted octanol–water partition coefficient (Wildman–Crippen LogP) is 3.11. The fraction of sp³-hybridized carbons (Fsp3) is 0.133. The van der Waals surface area contributed by atoms with Crippen molar-refractivity contribution in [3.63, 3.8) is 0 Å². The van der Waals surface area contributed by atoms with Gasteiger partial charge in [0.1, 0.15) is 0 Å². The van der Waals surface area contributed by atoms with Crippen LogP contribution in [0.1, 0.15) is 11.1 Å². The first-order chi connectivity index (χ1) is 10.0. The summed E-state index contributed by atoms with van der Waals surface area (Å²) in [5.74, 6) is -0.140. The summed E-state index contributed by atoms with van der Waals surface area (Å²) in [6.45, 7) is 0.420. The number of nitro groups is 1. The lowest BCUT2D eigenvalue weighted by Gasteiger charge is -2.05. The third-order valence-electron chi connectivity index (χ3n) is 2.91. The number of hydrogen-bond donors (Lipinski definition) is 1. The maximum absolute atomic E-state index is 11.8. The van der Waals surface area contributed by atoms with Crippen LogP contribution >= 0.6 is 11.6 Å². The highest BCUT2D eigenvalue weighted by atomic mass is 35.5. The Balaban J connectivity index is 1.86. The molecule has 1 N–H and O–H groups in total. The topological polar surface area (TPSA) is 72.2 Å². The van der Waals surface area contributed by atoms with Crippen LogP contribution < -0.4 is 5.32 Å². The molecule has 108 valence electrons. The van der Waals surface area contributed by atoms with Crippen LogP contribution in [-0.2, 0) is 17.8 Å². The fourth-order valence-corrected chi connectivity index (χ4v) is 1.91. The Morgan fingerprint density at radius 2 is 1.62 bits per heavy atom. The van der Waals surface area contributed by atoms with Gasteiger partial charge in [-0.25, -0.2) is 0 Å². The Hall–Kier alpha value is -2.40. The van der Waals surface area contributed by atoms with Gasteiger partial charge < -0.3 is 5.32 Å². The lowest BCUT2D eigenvalue weighted by atomic mass is 10.1. The van der Waals surface area contributed by atoms with Gasteiger partial charge in [0.05, 0.1) is 11.3 Å². The lowest BCUT2D eigenvalue weighted by molar-refractivity contribution is -0.384. The van der Waals surface area contributed by atoms with Crippen molar-refractivity contribution in [3.05, 3.63) is 74.8 Å². The van der Waals surface area contributed by atoms with Gasteiger partial charge in [0.15, 0.2) is 0 Å². The van der Waals surface area contributed by atoms with Gasteiger partial charge in [0.2, 0.25) is 5.91 Å². The van der Waals surface area contributed by atoms with Gasteiger partial charge in [-0.1, -0.05) is 35.9 Å². The van der Waals surface area contributed by atoms with Crippen molar-refractivity contribution in [3.8, 4) is 0 Å². The Bertz CT molecular complexity index is 639. The number of carbonyl (C=O) groups is 1. The minimum absolute atomic E-state index is 0.0142. The molecule has 0 heterocycles. The number of nitrogens with one attached hydrogen (secondary N) is 1. The van der Waals surface area contributed by atoms with Crippen LogP contribution in [0.3, 0.4) is 0 Å². The highest BCUT2D eigenvalue weighted by Gasteiger charge is 2.07. The summed E-state index contributed by atoms with van der Waals surface area (Å²) in [6, 6.07) is 13.2. The van der Waals surface area contributed by atoms with E-state index in [0.29, 0.717) is 11.6 Å². The second-order valence-electron chi connectivity index (χ2n) is 4.50. The quantitative estimate of drug-likeness (QED) is 0.681. The fourth-order valence-electron chi connectivity index (χ4n) is 1.79. The van der Waals surface area contributed by atoms with Crippen molar-refractivity contribution in [1.29, 1.82) is 0 Å². The first-order valence-corrected chi connectivity index (χ1v) is 6.67. The Morgan fingerprint density at radius 1 is 1.05 bits per heavy atom. The number of hydrogen-bond acceptors (Lipinski definition) is 3. The summed E-state index contributed by atoms with van der Waals surface area (Å²) in [4.78, 5) is 21.9. The molecule has 0 saturated carbocycles. The van der Waals surface area contributed by atoms with Crippen molar-refractivity contribution in [2.75, 3.05) is 0 Å². The normalized spacial score (nSPS) is 10.1. The summed E-state index contributed by atoms with van der Waals surface area (Å²) >= 11 is 5.78. The Kier molecular flexibility index (Phi) is 4.90. The first-order valence-electron chi connectivity index (χ1n) is 6.29. The second-order valence-corrected chi connectivity index (χ2v) is 4.94. The molecule has 0 unspecified atom stereocenters. The van der Waals surface area contributed by atoms with E-state index in [4.69, 9.17) is 11.6 Å². The number of halogens is 1. The molecule has 1 amide bonds.